The summed E-state index contributed by atoms with van der Waals surface area (Å²) < 4.78 is 13.9. The van der Waals surface area contributed by atoms with Gasteiger partial charge in [-0.3, -0.25) is 9.48 Å². The van der Waals surface area contributed by atoms with E-state index in [0.29, 0.717) is 53.1 Å². The summed E-state index contributed by atoms with van der Waals surface area (Å²) in [7, 11) is 0. The summed E-state index contributed by atoms with van der Waals surface area (Å²) in [6.45, 7) is 20.0. The number of pyridine rings is 3. The number of aryl methyl sites for hydroxylation is 3. The molecule has 0 spiro atoms. The molecule has 2 aliphatic rings. The first-order chi connectivity index (χ1) is 28.4. The number of nitrogens with two attached hydrogens (primary N) is 3. The second kappa shape index (κ2) is 23.1. The number of nitrogen functional groups attached to an aromatic ring is 3. The van der Waals surface area contributed by atoms with Gasteiger partial charge in [-0.1, -0.05) is 43.2 Å². The number of aromatic nitrogens is 5. The van der Waals surface area contributed by atoms with Gasteiger partial charge in [-0.05, 0) is 83.8 Å². The van der Waals surface area contributed by atoms with E-state index in [0.717, 1.165) is 54.3 Å². The quantitative estimate of drug-likeness (QED) is 0.118. The van der Waals surface area contributed by atoms with Crippen LogP contribution in [0.1, 0.15) is 103 Å². The van der Waals surface area contributed by atoms with Gasteiger partial charge in [0.2, 0.25) is 5.69 Å². The number of amides is 1. The number of ether oxygens (including phenoxy) is 2. The van der Waals surface area contributed by atoms with Crippen LogP contribution in [0.3, 0.4) is 0 Å². The van der Waals surface area contributed by atoms with Gasteiger partial charge in [0, 0.05) is 41.8 Å². The second-order valence-corrected chi connectivity index (χ2v) is 14.6. The summed E-state index contributed by atoms with van der Waals surface area (Å²) >= 11 is 0. The third kappa shape index (κ3) is 13.6. The molecule has 0 saturated heterocycles. The molecule has 0 radical (unpaired) electrons. The Hall–Kier alpha value is -5.87. The first-order valence-electron chi connectivity index (χ1n) is 19.8. The largest absolute Gasteiger partial charge is 1.00 e. The summed E-state index contributed by atoms with van der Waals surface area (Å²) in [5.74, 6) is 1.79. The third-order valence-corrected chi connectivity index (χ3v) is 10.0. The van der Waals surface area contributed by atoms with Crippen LogP contribution < -0.4 is 66.7 Å². The zero-order chi connectivity index (χ0) is 42.3. The van der Waals surface area contributed by atoms with E-state index in [1.165, 1.54) is 38.5 Å². The molecule has 308 valence electrons. The van der Waals surface area contributed by atoms with Gasteiger partial charge in [-0.15, -0.1) is 5.75 Å². The normalized spacial score (nSPS) is 13.8. The number of benzene rings is 1. The molecule has 4 aromatic heterocycles. The standard InChI is InChI=1S/C24H29N5O2.C13H17N3O.C7H7N3O.Na/c1-17-21(22(12-23(25)28-17)31-20-10-6-3-7-11-20)14-26-24(30)19-13-27-29(16-19)15-18-8-4-2-5-9-18;1-9-13(15-2)11(8-12(14)16-9)17-10-6-4-3-5-7-10;1-4-7(9-2)5(11)3-6(8)10-4;/h2,4-5,8-9,12-13,16,20H,3,6-7,10-11,14-15H2,1H3,(H2,25,28)(H,26,30);8,10H,3-7H2,1H3,(H2,14,16);3H,1H3,(H3,8,10,11);/q;;;+1/p-1. The maximum Gasteiger partial charge on any atom is 1.00 e. The Bertz CT molecular complexity index is 2250. The van der Waals surface area contributed by atoms with Crippen molar-refractivity contribution in [3.63, 3.8) is 0 Å². The van der Waals surface area contributed by atoms with Crippen LogP contribution in [0.5, 0.6) is 17.2 Å². The van der Waals surface area contributed by atoms with Crippen LogP contribution in [0.15, 0.2) is 60.9 Å². The average molecular weight is 822 g/mol. The minimum absolute atomic E-state index is 0. The van der Waals surface area contributed by atoms with Crippen molar-refractivity contribution in [2.24, 2.45) is 0 Å². The van der Waals surface area contributed by atoms with Crippen LogP contribution in [0.2, 0.25) is 0 Å². The molecular weight excluding hydrogens is 770 g/mol. The first kappa shape index (κ1) is 46.8. The van der Waals surface area contributed by atoms with Crippen LogP contribution in [0, 0.1) is 33.9 Å². The molecule has 2 saturated carbocycles. The van der Waals surface area contributed by atoms with Crippen LogP contribution in [0.25, 0.3) is 9.69 Å². The van der Waals surface area contributed by atoms with Crippen LogP contribution in [-0.4, -0.2) is 42.8 Å². The van der Waals surface area contributed by atoms with Crippen molar-refractivity contribution in [1.82, 2.24) is 30.0 Å². The number of rotatable bonds is 9. The molecule has 2 aliphatic carbocycles. The number of anilines is 3. The maximum absolute atomic E-state index is 12.7. The van der Waals surface area contributed by atoms with Gasteiger partial charge in [0.1, 0.15) is 29.0 Å². The number of nitrogens with zero attached hydrogens (tertiary/aromatic N) is 7. The Morgan fingerprint density at radius 3 is 1.87 bits per heavy atom. The number of hydrogen-bond donors (Lipinski definition) is 4. The van der Waals surface area contributed by atoms with Crippen molar-refractivity contribution in [3.05, 3.63) is 118 Å². The molecule has 4 heterocycles. The number of hydrogen-bond acceptors (Lipinski definition) is 11. The summed E-state index contributed by atoms with van der Waals surface area (Å²) in [5, 5.41) is 18.2. The predicted octanol–water partition coefficient (Wildman–Crippen LogP) is 4.69. The van der Waals surface area contributed by atoms with Crippen molar-refractivity contribution < 1.29 is 48.9 Å². The van der Waals surface area contributed by atoms with E-state index >= 15 is 0 Å². The van der Waals surface area contributed by atoms with E-state index in [1.54, 1.807) is 43.1 Å². The van der Waals surface area contributed by atoms with Gasteiger partial charge in [-0.25, -0.2) is 24.6 Å². The molecular formula is C44H52N11NaO4. The molecule has 7 N–H and O–H groups in total. The van der Waals surface area contributed by atoms with Gasteiger partial charge in [0.05, 0.1) is 49.4 Å². The fourth-order valence-electron chi connectivity index (χ4n) is 7.03. The van der Waals surface area contributed by atoms with E-state index in [9.17, 15) is 9.90 Å². The smallest absolute Gasteiger partial charge is 0.881 e. The second-order valence-electron chi connectivity index (χ2n) is 14.6. The van der Waals surface area contributed by atoms with Crippen molar-refractivity contribution >= 4 is 34.7 Å². The topological polar surface area (TPSA) is 214 Å². The molecule has 0 bridgehead atoms. The minimum Gasteiger partial charge on any atom is -0.881 e. The SMILES string of the molecule is Cc1nc(N)cc(OC2CCCCC2)c1CNC(=O)c1cnn(Cc2ccccc2)c1.[C-]#[N+]c1c(OC2CCCCC2)cc(N)nc1C.[C-]#[N+]c1c([O-])cc(N)nc1C.[Na+]. The maximum atomic E-state index is 12.7. The summed E-state index contributed by atoms with van der Waals surface area (Å²) in [6, 6.07) is 14.6. The predicted molar refractivity (Wildman–Crippen MR) is 226 cm³/mol. The molecule has 60 heavy (non-hydrogen) atoms. The first-order valence-corrected chi connectivity index (χ1v) is 19.8. The van der Waals surface area contributed by atoms with Gasteiger partial charge in [-0.2, -0.15) is 5.10 Å². The fourth-order valence-corrected chi connectivity index (χ4v) is 7.03. The van der Waals surface area contributed by atoms with E-state index in [2.05, 4.69) is 35.1 Å². The Morgan fingerprint density at radius 1 is 0.783 bits per heavy atom. The van der Waals surface area contributed by atoms with Crippen molar-refractivity contribution in [1.29, 1.82) is 0 Å². The van der Waals surface area contributed by atoms with E-state index in [4.69, 9.17) is 39.8 Å². The summed E-state index contributed by atoms with van der Waals surface area (Å²) in [5.41, 5.74) is 21.8. The van der Waals surface area contributed by atoms with Crippen molar-refractivity contribution in [2.75, 3.05) is 17.2 Å². The number of nitrogens with one attached hydrogen (secondary N) is 1. The van der Waals surface area contributed by atoms with Gasteiger partial charge >= 0.3 is 29.6 Å². The molecule has 1 aromatic carbocycles. The Kier molecular flexibility index (Phi) is 18.0. The molecule has 16 heteroatoms. The molecule has 5 aromatic rings. The van der Waals surface area contributed by atoms with Crippen LogP contribution in [-0.2, 0) is 13.1 Å². The summed E-state index contributed by atoms with van der Waals surface area (Å²) in [6.07, 6.45) is 15.3. The third-order valence-electron chi connectivity index (χ3n) is 10.0. The molecule has 0 unspecified atom stereocenters. The molecule has 15 nitrogen and oxygen atoms in total. The Balaban J connectivity index is 0.000000229. The van der Waals surface area contributed by atoms with Gasteiger partial charge in [0.15, 0.2) is 5.69 Å². The molecule has 0 atom stereocenters. The molecule has 1 amide bonds. The number of carbonyl (C=O) groups is 1. The van der Waals surface area contributed by atoms with Crippen molar-refractivity contribution in [3.8, 4) is 17.2 Å². The van der Waals surface area contributed by atoms with Gasteiger partial charge < -0.3 is 37.1 Å². The summed E-state index contributed by atoms with van der Waals surface area (Å²) in [4.78, 5) is 31.4. The zero-order valence-electron chi connectivity index (χ0n) is 34.9. The van der Waals surface area contributed by atoms with E-state index in [-0.39, 0.29) is 64.9 Å². The van der Waals surface area contributed by atoms with Gasteiger partial charge in [0.25, 0.3) is 5.91 Å². The van der Waals surface area contributed by atoms with Crippen molar-refractivity contribution in [2.45, 2.75) is 110 Å². The molecule has 0 aliphatic heterocycles. The van der Waals surface area contributed by atoms with E-state index in [1.807, 2.05) is 37.3 Å². The Labute approximate surface area is 374 Å². The zero-order valence-corrected chi connectivity index (χ0v) is 36.9. The monoisotopic (exact) mass is 821 g/mol. The van der Waals surface area contributed by atoms with Crippen LogP contribution in [0.4, 0.5) is 28.8 Å². The minimum atomic E-state index is -0.356. The van der Waals surface area contributed by atoms with Crippen LogP contribution >= 0.6 is 0 Å². The molecule has 2 fully saturated rings. The number of carbonyl (C=O) groups excluding carboxylic acids is 1. The van der Waals surface area contributed by atoms with E-state index < -0.39 is 0 Å². The fraction of sp³-hybridized carbons (Fsp3) is 0.386. The Morgan fingerprint density at radius 2 is 1.30 bits per heavy atom. The average Bonchev–Trinajstić information content (AvgIpc) is 3.67. The molecule has 7 rings (SSSR count).